The molecule has 10 heavy (non-hydrogen) atoms. The van der Waals surface area contributed by atoms with Crippen LogP contribution in [0.25, 0.3) is 0 Å². The molecule has 0 bridgehead atoms. The molecule has 2 nitrogen and oxygen atoms in total. The molecule has 0 aliphatic carbocycles. The highest BCUT2D eigenvalue weighted by Gasteiger charge is 2.00. The summed E-state index contributed by atoms with van der Waals surface area (Å²) in [6, 6.07) is 1.64. The average molecular weight is 155 g/mol. The highest BCUT2D eigenvalue weighted by Crippen LogP contribution is 2.06. The fourth-order valence-corrected chi connectivity index (χ4v) is 1.41. The number of hydrogen-bond donors (Lipinski definition) is 1. The van der Waals surface area contributed by atoms with Crippen molar-refractivity contribution in [1.82, 2.24) is 0 Å². The van der Waals surface area contributed by atoms with Crippen LogP contribution in [-0.2, 0) is 11.2 Å². The Hall–Kier alpha value is -0.670. The van der Waals surface area contributed by atoms with Crippen molar-refractivity contribution in [2.75, 3.05) is 0 Å². The maximum Gasteiger partial charge on any atom is 0.137 e. The Kier molecular flexibility index (Phi) is 2.59. The number of aldehydes is 1. The van der Waals surface area contributed by atoms with E-state index in [-0.39, 0.29) is 6.04 Å². The topological polar surface area (TPSA) is 43.1 Å². The zero-order valence-electron chi connectivity index (χ0n) is 5.49. The molecule has 0 fully saturated rings. The molecule has 0 amide bonds. The van der Waals surface area contributed by atoms with Crippen LogP contribution in [0.1, 0.15) is 5.56 Å². The molecule has 1 heterocycles. The van der Waals surface area contributed by atoms with E-state index in [4.69, 9.17) is 5.73 Å². The molecule has 3 heteroatoms. The molecule has 0 aromatic carbocycles. The predicted octanol–water partition coefficient (Wildman–Crippen LogP) is 0.817. The zero-order valence-corrected chi connectivity index (χ0v) is 6.30. The maximum atomic E-state index is 10.1. The van der Waals surface area contributed by atoms with E-state index in [1.54, 1.807) is 11.3 Å². The summed E-state index contributed by atoms with van der Waals surface area (Å²) in [5.74, 6) is 0. The van der Waals surface area contributed by atoms with Gasteiger partial charge in [-0.15, -0.1) is 0 Å². The number of nitrogens with two attached hydrogens (primary N) is 1. The van der Waals surface area contributed by atoms with Crippen LogP contribution >= 0.6 is 11.3 Å². The van der Waals surface area contributed by atoms with Gasteiger partial charge in [0, 0.05) is 0 Å². The SMILES string of the molecule is N[C@H](C=O)Cc1ccsc1. The molecule has 54 valence electrons. The Labute approximate surface area is 63.7 Å². The van der Waals surface area contributed by atoms with Crippen molar-refractivity contribution >= 4 is 17.6 Å². The van der Waals surface area contributed by atoms with Crippen LogP contribution in [0.5, 0.6) is 0 Å². The van der Waals surface area contributed by atoms with Gasteiger partial charge in [0.1, 0.15) is 6.29 Å². The second-order valence-electron chi connectivity index (χ2n) is 2.14. The fourth-order valence-electron chi connectivity index (χ4n) is 0.729. The van der Waals surface area contributed by atoms with Crippen molar-refractivity contribution in [1.29, 1.82) is 0 Å². The minimum Gasteiger partial charge on any atom is -0.321 e. The minimum absolute atomic E-state index is 0.338. The van der Waals surface area contributed by atoms with Crippen LogP contribution in [-0.4, -0.2) is 12.3 Å². The van der Waals surface area contributed by atoms with Gasteiger partial charge in [-0.1, -0.05) is 0 Å². The average Bonchev–Trinajstić information content (AvgIpc) is 2.40. The molecule has 1 aromatic heterocycles. The molecule has 1 atom stereocenters. The van der Waals surface area contributed by atoms with E-state index in [1.165, 1.54) is 0 Å². The summed E-state index contributed by atoms with van der Waals surface area (Å²) in [7, 11) is 0. The van der Waals surface area contributed by atoms with E-state index >= 15 is 0 Å². The molecule has 0 unspecified atom stereocenters. The highest BCUT2D eigenvalue weighted by molar-refractivity contribution is 7.07. The summed E-state index contributed by atoms with van der Waals surface area (Å²) in [5, 5.41) is 3.98. The number of rotatable bonds is 3. The molecule has 2 N–H and O–H groups in total. The molecule has 1 rings (SSSR count). The first-order chi connectivity index (χ1) is 4.83. The van der Waals surface area contributed by atoms with E-state index in [9.17, 15) is 4.79 Å². The number of carbonyl (C=O) groups is 1. The minimum atomic E-state index is -0.338. The quantitative estimate of drug-likeness (QED) is 0.656. The number of carbonyl (C=O) groups excluding carboxylic acids is 1. The summed E-state index contributed by atoms with van der Waals surface area (Å²) in [5.41, 5.74) is 6.54. The molecular weight excluding hydrogens is 146 g/mol. The molecule has 0 radical (unpaired) electrons. The van der Waals surface area contributed by atoms with Gasteiger partial charge in [-0.25, -0.2) is 0 Å². The predicted molar refractivity (Wildman–Crippen MR) is 42.1 cm³/mol. The van der Waals surface area contributed by atoms with Crippen LogP contribution in [0.2, 0.25) is 0 Å². The van der Waals surface area contributed by atoms with Crippen molar-refractivity contribution < 1.29 is 4.79 Å². The molecule has 0 aliphatic rings. The van der Waals surface area contributed by atoms with E-state index in [0.717, 1.165) is 11.8 Å². The van der Waals surface area contributed by atoms with E-state index < -0.39 is 0 Å². The normalized spacial score (nSPS) is 12.9. The second-order valence-corrected chi connectivity index (χ2v) is 2.92. The van der Waals surface area contributed by atoms with Crippen LogP contribution in [0, 0.1) is 0 Å². The van der Waals surface area contributed by atoms with Gasteiger partial charge in [0.15, 0.2) is 0 Å². The molecule has 0 saturated heterocycles. The van der Waals surface area contributed by atoms with Gasteiger partial charge in [-0.05, 0) is 28.8 Å². The van der Waals surface area contributed by atoms with Gasteiger partial charge in [-0.2, -0.15) is 11.3 Å². The number of thiophene rings is 1. The first-order valence-corrected chi connectivity index (χ1v) is 3.99. The third kappa shape index (κ3) is 1.93. The van der Waals surface area contributed by atoms with Crippen LogP contribution in [0.4, 0.5) is 0 Å². The van der Waals surface area contributed by atoms with Crippen LogP contribution in [0.3, 0.4) is 0 Å². The number of hydrogen-bond acceptors (Lipinski definition) is 3. The molecular formula is C7H9NOS. The summed E-state index contributed by atoms with van der Waals surface area (Å²) in [6.45, 7) is 0. The molecule has 1 aromatic rings. The third-order valence-electron chi connectivity index (χ3n) is 1.23. The molecule has 0 aliphatic heterocycles. The lowest BCUT2D eigenvalue weighted by molar-refractivity contribution is -0.108. The Morgan fingerprint density at radius 2 is 2.60 bits per heavy atom. The van der Waals surface area contributed by atoms with Crippen molar-refractivity contribution in [2.24, 2.45) is 5.73 Å². The molecule has 0 saturated carbocycles. The Morgan fingerprint density at radius 1 is 1.80 bits per heavy atom. The summed E-state index contributed by atoms with van der Waals surface area (Å²) in [6.07, 6.45) is 1.44. The van der Waals surface area contributed by atoms with Gasteiger partial charge in [0.05, 0.1) is 6.04 Å². The van der Waals surface area contributed by atoms with Gasteiger partial charge in [0.25, 0.3) is 0 Å². The van der Waals surface area contributed by atoms with Crippen molar-refractivity contribution in [3.63, 3.8) is 0 Å². The summed E-state index contributed by atoms with van der Waals surface area (Å²) >= 11 is 1.62. The highest BCUT2D eigenvalue weighted by atomic mass is 32.1. The lowest BCUT2D eigenvalue weighted by atomic mass is 10.1. The van der Waals surface area contributed by atoms with Crippen molar-refractivity contribution in [3.05, 3.63) is 22.4 Å². The van der Waals surface area contributed by atoms with Gasteiger partial charge >= 0.3 is 0 Å². The third-order valence-corrected chi connectivity index (χ3v) is 1.96. The first kappa shape index (κ1) is 7.44. The second kappa shape index (κ2) is 3.49. The Balaban J connectivity index is 2.47. The standard InChI is InChI=1S/C7H9NOS/c8-7(4-9)3-6-1-2-10-5-6/h1-2,4-5,7H,3,8H2/t7-/m0/s1. The summed E-state index contributed by atoms with van der Waals surface area (Å²) in [4.78, 5) is 10.1. The fraction of sp³-hybridized carbons (Fsp3) is 0.286. The smallest absolute Gasteiger partial charge is 0.137 e. The Morgan fingerprint density at radius 3 is 3.10 bits per heavy atom. The van der Waals surface area contributed by atoms with E-state index in [1.807, 2.05) is 16.8 Å². The van der Waals surface area contributed by atoms with Gasteiger partial charge in [-0.3, -0.25) is 0 Å². The van der Waals surface area contributed by atoms with Crippen LogP contribution in [0.15, 0.2) is 16.8 Å². The Bertz CT molecular complexity index is 195. The van der Waals surface area contributed by atoms with Crippen LogP contribution < -0.4 is 5.73 Å². The van der Waals surface area contributed by atoms with Crippen molar-refractivity contribution in [3.8, 4) is 0 Å². The van der Waals surface area contributed by atoms with E-state index in [2.05, 4.69) is 0 Å². The van der Waals surface area contributed by atoms with E-state index in [0.29, 0.717) is 6.42 Å². The maximum absolute atomic E-state index is 10.1. The molecule has 0 spiro atoms. The monoisotopic (exact) mass is 155 g/mol. The largest absolute Gasteiger partial charge is 0.321 e. The zero-order chi connectivity index (χ0) is 7.40. The first-order valence-electron chi connectivity index (χ1n) is 3.05. The van der Waals surface area contributed by atoms with Gasteiger partial charge in [0.2, 0.25) is 0 Å². The lowest BCUT2D eigenvalue weighted by Crippen LogP contribution is -2.23. The summed E-state index contributed by atoms with van der Waals surface area (Å²) < 4.78 is 0. The van der Waals surface area contributed by atoms with Crippen molar-refractivity contribution in [2.45, 2.75) is 12.5 Å². The lowest BCUT2D eigenvalue weighted by Gasteiger charge is -1.98. The van der Waals surface area contributed by atoms with Gasteiger partial charge < -0.3 is 10.5 Å².